The van der Waals surface area contributed by atoms with E-state index in [-0.39, 0.29) is 11.4 Å². The molecule has 0 saturated carbocycles. The minimum absolute atomic E-state index is 0.235. The molecule has 3 aromatic rings. The number of unbranched alkanes of at least 4 members (excludes halogenated alkanes) is 6. The van der Waals surface area contributed by atoms with Gasteiger partial charge in [-0.25, -0.2) is 13.2 Å². The van der Waals surface area contributed by atoms with Crippen LogP contribution in [-0.2, 0) is 6.42 Å². The minimum Gasteiger partial charge on any atom is -0.206 e. The summed E-state index contributed by atoms with van der Waals surface area (Å²) in [5, 5.41) is 0. The van der Waals surface area contributed by atoms with Crippen molar-refractivity contribution >= 4 is 5.57 Å². The monoisotopic (exact) mass is 530 g/mol. The van der Waals surface area contributed by atoms with Crippen LogP contribution in [0.15, 0.2) is 72.8 Å². The van der Waals surface area contributed by atoms with Crippen molar-refractivity contribution in [1.29, 1.82) is 0 Å². The Labute approximate surface area is 232 Å². The van der Waals surface area contributed by atoms with E-state index in [0.717, 1.165) is 44.1 Å². The number of hydrogen-bond acceptors (Lipinski definition) is 0. The molecule has 0 heterocycles. The van der Waals surface area contributed by atoms with Crippen LogP contribution in [0.1, 0.15) is 89.2 Å². The van der Waals surface area contributed by atoms with Crippen LogP contribution >= 0.6 is 0 Å². The molecule has 1 aliphatic carbocycles. The maximum Gasteiger partial charge on any atom is 0.166 e. The van der Waals surface area contributed by atoms with Gasteiger partial charge in [-0.2, -0.15) is 0 Å². The molecular weight excluding hydrogens is 489 g/mol. The molecule has 0 amide bonds. The highest BCUT2D eigenvalue weighted by Gasteiger charge is 2.17. The second-order valence-electron chi connectivity index (χ2n) is 10.8. The van der Waals surface area contributed by atoms with Gasteiger partial charge in [0.25, 0.3) is 0 Å². The van der Waals surface area contributed by atoms with E-state index in [1.165, 1.54) is 31.3 Å². The summed E-state index contributed by atoms with van der Waals surface area (Å²) in [7, 11) is 0. The van der Waals surface area contributed by atoms with Crippen molar-refractivity contribution in [3.8, 4) is 22.3 Å². The number of halogens is 3. The average Bonchev–Trinajstić information content (AvgIpc) is 2.95. The maximum absolute atomic E-state index is 15.1. The van der Waals surface area contributed by atoms with Gasteiger partial charge in [0.15, 0.2) is 11.6 Å². The molecule has 0 radical (unpaired) electrons. The van der Waals surface area contributed by atoms with Crippen molar-refractivity contribution < 1.29 is 13.2 Å². The highest BCUT2D eigenvalue weighted by atomic mass is 19.2. The fourth-order valence-electron chi connectivity index (χ4n) is 5.62. The van der Waals surface area contributed by atoms with E-state index in [9.17, 15) is 8.78 Å². The van der Waals surface area contributed by atoms with Crippen LogP contribution in [0, 0.1) is 23.4 Å². The van der Waals surface area contributed by atoms with E-state index in [1.807, 2.05) is 19.1 Å². The van der Waals surface area contributed by atoms with Crippen LogP contribution in [0.2, 0.25) is 0 Å². The van der Waals surface area contributed by atoms with Crippen LogP contribution in [0.4, 0.5) is 13.2 Å². The average molecular weight is 531 g/mol. The Kier molecular flexibility index (Phi) is 10.6. The lowest BCUT2D eigenvalue weighted by atomic mass is 9.86. The van der Waals surface area contributed by atoms with Gasteiger partial charge < -0.3 is 0 Å². The van der Waals surface area contributed by atoms with Crippen LogP contribution in [0.25, 0.3) is 27.8 Å². The Morgan fingerprint density at radius 3 is 2.03 bits per heavy atom. The predicted molar refractivity (Wildman–Crippen MR) is 159 cm³/mol. The summed E-state index contributed by atoms with van der Waals surface area (Å²) in [6.45, 7) is 4.24. The lowest BCUT2D eigenvalue weighted by Crippen LogP contribution is -2.02. The van der Waals surface area contributed by atoms with E-state index in [2.05, 4.69) is 25.2 Å². The van der Waals surface area contributed by atoms with Gasteiger partial charge in [0, 0.05) is 11.1 Å². The first-order valence-corrected chi connectivity index (χ1v) is 14.7. The highest BCUT2D eigenvalue weighted by Crippen LogP contribution is 2.34. The molecule has 206 valence electrons. The van der Waals surface area contributed by atoms with Crippen molar-refractivity contribution in [3.05, 3.63) is 101 Å². The van der Waals surface area contributed by atoms with Crippen LogP contribution in [-0.4, -0.2) is 0 Å². The minimum atomic E-state index is -0.809. The second-order valence-corrected chi connectivity index (χ2v) is 10.8. The molecule has 4 rings (SSSR count). The Morgan fingerprint density at radius 2 is 1.38 bits per heavy atom. The molecule has 39 heavy (non-hydrogen) atoms. The normalized spacial score (nSPS) is 15.6. The molecule has 0 nitrogen and oxygen atoms in total. The third-order valence-corrected chi connectivity index (χ3v) is 7.97. The molecule has 0 bridgehead atoms. The quantitative estimate of drug-likeness (QED) is 0.161. The number of hydrogen-bond donors (Lipinski definition) is 0. The predicted octanol–water partition coefficient (Wildman–Crippen LogP) is 11.5. The van der Waals surface area contributed by atoms with Gasteiger partial charge in [-0.1, -0.05) is 112 Å². The van der Waals surface area contributed by atoms with Crippen molar-refractivity contribution in [2.24, 2.45) is 5.92 Å². The number of rotatable bonds is 12. The Morgan fingerprint density at radius 1 is 0.744 bits per heavy atom. The summed E-state index contributed by atoms with van der Waals surface area (Å²) in [6.07, 6.45) is 18.1. The molecule has 3 heteroatoms. The largest absolute Gasteiger partial charge is 0.206 e. The van der Waals surface area contributed by atoms with E-state index < -0.39 is 11.6 Å². The molecule has 1 unspecified atom stereocenters. The third-order valence-electron chi connectivity index (χ3n) is 7.97. The highest BCUT2D eigenvalue weighted by molar-refractivity contribution is 5.74. The van der Waals surface area contributed by atoms with Gasteiger partial charge in [0.2, 0.25) is 0 Å². The first kappa shape index (κ1) is 28.9. The van der Waals surface area contributed by atoms with Crippen LogP contribution in [0.3, 0.4) is 0 Å². The first-order valence-electron chi connectivity index (χ1n) is 14.7. The van der Waals surface area contributed by atoms with Crippen molar-refractivity contribution in [3.63, 3.8) is 0 Å². The fraction of sp³-hybridized carbons (Fsp3) is 0.389. The van der Waals surface area contributed by atoms with Gasteiger partial charge in [-0.3, -0.25) is 0 Å². The van der Waals surface area contributed by atoms with Gasteiger partial charge in [0.05, 0.1) is 0 Å². The standard InChI is InChI=1S/C36H41F3/c1-3-5-6-7-8-9-10-12-30-21-24-33(36(39)35(30)38)29-19-17-28(18-20-29)32-23-22-31(25-34(32)37)27-15-13-26(11-4-2)14-16-27/h4,11,15,17-26H,3,5-10,12-14,16H2,1-2H3. The molecule has 0 saturated heterocycles. The van der Waals surface area contributed by atoms with Crippen molar-refractivity contribution in [2.45, 2.75) is 84.5 Å². The van der Waals surface area contributed by atoms with Crippen molar-refractivity contribution in [1.82, 2.24) is 0 Å². The number of aryl methyl sites for hydroxylation is 1. The first-order chi connectivity index (χ1) is 19.0. The molecule has 1 aliphatic rings. The smallest absolute Gasteiger partial charge is 0.166 e. The van der Waals surface area contributed by atoms with Crippen LogP contribution < -0.4 is 0 Å². The lowest BCUT2D eigenvalue weighted by molar-refractivity contribution is 0.497. The van der Waals surface area contributed by atoms with Gasteiger partial charge in [0.1, 0.15) is 5.82 Å². The maximum atomic E-state index is 15.1. The summed E-state index contributed by atoms with van der Waals surface area (Å²) < 4.78 is 45.0. The zero-order valence-electron chi connectivity index (χ0n) is 23.4. The zero-order valence-corrected chi connectivity index (χ0v) is 23.4. The summed E-state index contributed by atoms with van der Waals surface area (Å²) in [5.74, 6) is -1.26. The van der Waals surface area contributed by atoms with Crippen molar-refractivity contribution in [2.75, 3.05) is 0 Å². The Hall–Kier alpha value is -3.07. The second kappa shape index (κ2) is 14.4. The SMILES string of the molecule is CC=CC1CC=C(c2ccc(-c3ccc(-c4ccc(CCCCCCCCC)c(F)c4F)cc3)c(F)c2)CC1. The molecule has 0 aliphatic heterocycles. The van der Waals surface area contributed by atoms with Gasteiger partial charge in [-0.15, -0.1) is 0 Å². The molecule has 0 fully saturated rings. The molecule has 0 aromatic heterocycles. The molecular formula is C36H41F3. The molecule has 3 aromatic carbocycles. The Balaban J connectivity index is 1.41. The van der Waals surface area contributed by atoms with E-state index in [0.29, 0.717) is 34.6 Å². The summed E-state index contributed by atoms with van der Waals surface area (Å²) in [4.78, 5) is 0. The van der Waals surface area contributed by atoms with Gasteiger partial charge >= 0.3 is 0 Å². The molecule has 1 atom stereocenters. The topological polar surface area (TPSA) is 0 Å². The molecule has 0 N–H and O–H groups in total. The summed E-state index contributed by atoms with van der Waals surface area (Å²) in [5.41, 5.74) is 4.60. The van der Waals surface area contributed by atoms with E-state index in [1.54, 1.807) is 42.5 Å². The Bertz CT molecular complexity index is 1280. The lowest BCUT2D eigenvalue weighted by Gasteiger charge is -2.20. The number of benzene rings is 3. The van der Waals surface area contributed by atoms with E-state index in [4.69, 9.17) is 0 Å². The zero-order chi connectivity index (χ0) is 27.6. The summed E-state index contributed by atoms with van der Waals surface area (Å²) >= 11 is 0. The van der Waals surface area contributed by atoms with E-state index >= 15 is 4.39 Å². The molecule has 0 spiro atoms. The summed E-state index contributed by atoms with van der Waals surface area (Å²) in [6, 6.07) is 15.8. The number of allylic oxidation sites excluding steroid dienone is 4. The van der Waals surface area contributed by atoms with Crippen LogP contribution in [0.5, 0.6) is 0 Å². The third kappa shape index (κ3) is 7.53. The van der Waals surface area contributed by atoms with Gasteiger partial charge in [-0.05, 0) is 78.8 Å². The fourth-order valence-corrected chi connectivity index (χ4v) is 5.62.